The maximum absolute atomic E-state index is 6.15. The minimum absolute atomic E-state index is 1.10. The van der Waals surface area contributed by atoms with E-state index >= 15 is 0 Å². The summed E-state index contributed by atoms with van der Waals surface area (Å²) in [7, 11) is -2.41. The smallest absolute Gasteiger partial charge is 0.246 e. The van der Waals surface area contributed by atoms with Gasteiger partial charge in [0.2, 0.25) is 17.7 Å². The highest BCUT2D eigenvalue weighted by molar-refractivity contribution is 6.80. The zero-order chi connectivity index (χ0) is 12.1. The minimum atomic E-state index is -1.31. The van der Waals surface area contributed by atoms with Gasteiger partial charge in [0.05, 0.1) is 0 Å². The number of hydrogen-bond acceptors (Lipinski definition) is 1. The summed E-state index contributed by atoms with van der Waals surface area (Å²) in [6.45, 7) is 2.22. The highest BCUT2D eigenvalue weighted by Crippen LogP contribution is 1.92. The van der Waals surface area contributed by atoms with Crippen LogP contribution < -0.4 is 10.4 Å². The lowest BCUT2D eigenvalue weighted by atomic mass is 10.4. The molecule has 0 radical (unpaired) electrons. The topological polar surface area (TPSA) is 9.23 Å². The summed E-state index contributed by atoms with van der Waals surface area (Å²) >= 11 is 0. The zero-order valence-corrected chi connectivity index (χ0v) is 12.1. The second-order valence-corrected chi connectivity index (χ2v) is 8.28. The highest BCUT2D eigenvalue weighted by Gasteiger charge is 2.11. The maximum atomic E-state index is 6.15. The average Bonchev–Trinajstić information content (AvgIpc) is 2.40. The molecule has 17 heavy (non-hydrogen) atoms. The molecule has 0 spiro atoms. The lowest BCUT2D eigenvalue weighted by Crippen LogP contribution is -2.38. The Balaban J connectivity index is 2.05. The monoisotopic (exact) mass is 256 g/mol. The van der Waals surface area contributed by atoms with E-state index in [2.05, 4.69) is 49.1 Å². The largest absolute Gasteiger partial charge is 0.601 e. The molecule has 2 aromatic carbocycles. The molecule has 0 aliphatic heterocycles. The van der Waals surface area contributed by atoms with Crippen molar-refractivity contribution in [2.24, 2.45) is 0 Å². The quantitative estimate of drug-likeness (QED) is 0.747. The molecule has 3 heteroatoms. The van der Waals surface area contributed by atoms with Crippen LogP contribution in [0.4, 0.5) is 0 Å². The second-order valence-electron chi connectivity index (χ2n) is 3.96. The van der Waals surface area contributed by atoms with Gasteiger partial charge in [0, 0.05) is 0 Å². The Hall–Kier alpha value is -1.46. The fourth-order valence-corrected chi connectivity index (χ4v) is 5.82. The van der Waals surface area contributed by atoms with E-state index in [0.717, 1.165) is 0 Å². The van der Waals surface area contributed by atoms with Gasteiger partial charge in [0.1, 0.15) is 0 Å². The molecule has 0 heterocycles. The van der Waals surface area contributed by atoms with Crippen LogP contribution in [0.1, 0.15) is 0 Å². The first-order chi connectivity index (χ1) is 8.27. The van der Waals surface area contributed by atoms with Crippen LogP contribution >= 0.6 is 0 Å². The summed E-state index contributed by atoms with van der Waals surface area (Å²) < 4.78 is 6.15. The Morgan fingerprint density at radius 3 is 2.06 bits per heavy atom. The van der Waals surface area contributed by atoms with Crippen LogP contribution in [0, 0.1) is 0 Å². The third kappa shape index (κ3) is 3.25. The van der Waals surface area contributed by atoms with Crippen molar-refractivity contribution in [2.45, 2.75) is 6.55 Å². The van der Waals surface area contributed by atoms with Gasteiger partial charge in [-0.15, -0.1) is 0 Å². The minimum Gasteiger partial charge on any atom is -0.601 e. The summed E-state index contributed by atoms with van der Waals surface area (Å²) in [4.78, 5) is 0. The second kappa shape index (κ2) is 5.75. The van der Waals surface area contributed by atoms with Crippen LogP contribution in [0.15, 0.2) is 60.7 Å². The van der Waals surface area contributed by atoms with Crippen LogP contribution in [0.3, 0.4) is 0 Å². The summed E-state index contributed by atoms with van der Waals surface area (Å²) in [5.74, 6) is 0. The van der Waals surface area contributed by atoms with Gasteiger partial charge in [-0.25, -0.2) is 0 Å². The van der Waals surface area contributed by atoms with Gasteiger partial charge < -0.3 is 4.12 Å². The Bertz CT molecular complexity index is 482. The van der Waals surface area contributed by atoms with Gasteiger partial charge in [0.15, 0.2) is 0 Å². The van der Waals surface area contributed by atoms with Gasteiger partial charge in [-0.2, -0.15) is 0 Å². The molecular weight excluding hydrogens is 240 g/mol. The van der Waals surface area contributed by atoms with E-state index in [1.165, 1.54) is 10.4 Å². The average molecular weight is 256 g/mol. The van der Waals surface area contributed by atoms with E-state index in [1.807, 2.05) is 24.3 Å². The summed E-state index contributed by atoms with van der Waals surface area (Å²) in [6, 6.07) is 20.8. The fraction of sp³-hybridized carbons (Fsp3) is 0.0714. The van der Waals surface area contributed by atoms with Crippen molar-refractivity contribution < 1.29 is 4.12 Å². The van der Waals surface area contributed by atoms with Gasteiger partial charge in [-0.1, -0.05) is 66.8 Å². The lowest BCUT2D eigenvalue weighted by Gasteiger charge is -2.16. The lowest BCUT2D eigenvalue weighted by molar-refractivity contribution is 0.637. The van der Waals surface area contributed by atoms with Crippen LogP contribution in [-0.4, -0.2) is 23.9 Å². The van der Waals surface area contributed by atoms with Crippen LogP contribution in [0.5, 0.6) is 0 Å². The summed E-state index contributed by atoms with van der Waals surface area (Å²) in [6.07, 6.45) is 4.19. The first-order valence-corrected chi connectivity index (χ1v) is 9.55. The molecular formula is C14H16OSi2. The van der Waals surface area contributed by atoms with E-state index in [-0.39, 0.29) is 0 Å². The summed E-state index contributed by atoms with van der Waals surface area (Å²) in [5.41, 5.74) is 0. The van der Waals surface area contributed by atoms with Crippen molar-refractivity contribution >= 4 is 34.2 Å². The van der Waals surface area contributed by atoms with Crippen LogP contribution in [0.2, 0.25) is 6.55 Å². The zero-order valence-electron chi connectivity index (χ0n) is 9.97. The Morgan fingerprint density at radius 2 is 1.47 bits per heavy atom. The first kappa shape index (κ1) is 12.0. The highest BCUT2D eigenvalue weighted by atomic mass is 28.4. The molecule has 0 bridgehead atoms. The molecule has 0 fully saturated rings. The van der Waals surface area contributed by atoms with Gasteiger partial charge in [0.25, 0.3) is 0 Å². The molecule has 2 aromatic rings. The molecule has 0 aliphatic carbocycles. The predicted molar refractivity (Wildman–Crippen MR) is 79.1 cm³/mol. The third-order valence-electron chi connectivity index (χ3n) is 2.68. The normalized spacial score (nSPS) is 11.8. The maximum Gasteiger partial charge on any atom is 0.246 e. The van der Waals surface area contributed by atoms with Crippen molar-refractivity contribution in [1.29, 1.82) is 0 Å². The molecule has 0 N–H and O–H groups in total. The third-order valence-corrected chi connectivity index (χ3v) is 7.54. The van der Waals surface area contributed by atoms with E-state index in [9.17, 15) is 0 Å². The molecule has 0 saturated carbocycles. The van der Waals surface area contributed by atoms with Gasteiger partial charge in [-0.05, 0) is 16.9 Å². The molecule has 0 amide bonds. The Morgan fingerprint density at radius 1 is 0.941 bits per heavy atom. The predicted octanol–water partition coefficient (Wildman–Crippen LogP) is 1.18. The standard InChI is InChI=1S/C14H16OSi2/c1-16(13-9-5-3-6-10-13)15-17(2)14-11-7-4-8-12-14/h3-12,17H,1H2,2H3. The summed E-state index contributed by atoms with van der Waals surface area (Å²) in [5, 5.41) is 2.59. The molecule has 1 atom stereocenters. The molecule has 0 aliphatic rings. The number of hydrogen-bond donors (Lipinski definition) is 0. The first-order valence-electron chi connectivity index (χ1n) is 5.73. The van der Waals surface area contributed by atoms with E-state index in [4.69, 9.17) is 4.12 Å². The van der Waals surface area contributed by atoms with Crippen LogP contribution in [-0.2, 0) is 4.12 Å². The van der Waals surface area contributed by atoms with E-state index in [1.54, 1.807) is 0 Å². The molecule has 1 unspecified atom stereocenters. The van der Waals surface area contributed by atoms with E-state index < -0.39 is 17.7 Å². The molecule has 1 nitrogen and oxygen atoms in total. The molecule has 0 aromatic heterocycles. The Kier molecular flexibility index (Phi) is 4.06. The van der Waals surface area contributed by atoms with Crippen molar-refractivity contribution in [1.82, 2.24) is 0 Å². The fourth-order valence-electron chi connectivity index (χ4n) is 1.70. The number of benzene rings is 2. The van der Waals surface area contributed by atoms with Crippen molar-refractivity contribution in [3.8, 4) is 0 Å². The number of rotatable bonds is 4. The van der Waals surface area contributed by atoms with Crippen molar-refractivity contribution in [3.05, 3.63) is 60.7 Å². The SMILES string of the molecule is C=[Si](O[SiH](C)c1ccccc1)c1ccccc1. The van der Waals surface area contributed by atoms with Gasteiger partial charge >= 0.3 is 0 Å². The van der Waals surface area contributed by atoms with E-state index in [0.29, 0.717) is 0 Å². The molecule has 86 valence electrons. The Labute approximate surface area is 106 Å². The van der Waals surface area contributed by atoms with Crippen molar-refractivity contribution in [3.63, 3.8) is 0 Å². The van der Waals surface area contributed by atoms with Crippen molar-refractivity contribution in [2.75, 3.05) is 0 Å². The molecule has 2 rings (SSSR count). The molecule has 0 saturated heterocycles. The van der Waals surface area contributed by atoms with Crippen LogP contribution in [0.25, 0.3) is 0 Å². The van der Waals surface area contributed by atoms with Gasteiger partial charge in [-0.3, -0.25) is 0 Å².